The van der Waals surface area contributed by atoms with E-state index in [1.807, 2.05) is 13.8 Å². The Kier molecular flexibility index (Phi) is 3.05. The van der Waals surface area contributed by atoms with Crippen LogP contribution < -0.4 is 5.43 Å². The average molecular weight is 235 g/mol. The smallest absolute Gasteiger partial charge is 0.306 e. The molecule has 0 aromatic carbocycles. The Morgan fingerprint density at radius 3 is 2.35 bits per heavy atom. The monoisotopic (exact) mass is 235 g/mol. The van der Waals surface area contributed by atoms with Gasteiger partial charge in [-0.3, -0.25) is 9.59 Å². The second-order valence-electron chi connectivity index (χ2n) is 4.85. The second kappa shape index (κ2) is 4.35. The van der Waals surface area contributed by atoms with E-state index in [1.165, 1.54) is 0 Å². The van der Waals surface area contributed by atoms with Crippen molar-refractivity contribution in [1.82, 2.24) is 4.57 Å². The molecule has 2 atom stereocenters. The Morgan fingerprint density at radius 2 is 1.88 bits per heavy atom. The zero-order valence-corrected chi connectivity index (χ0v) is 10.1. The third kappa shape index (κ3) is 2.25. The number of aromatic nitrogens is 1. The normalized spacial score (nSPS) is 23.9. The summed E-state index contributed by atoms with van der Waals surface area (Å²) in [7, 11) is 0. The van der Waals surface area contributed by atoms with Crippen LogP contribution in [0.15, 0.2) is 16.9 Å². The maximum absolute atomic E-state index is 11.3. The van der Waals surface area contributed by atoms with Crippen molar-refractivity contribution in [2.75, 3.05) is 0 Å². The minimum absolute atomic E-state index is 0.0176. The molecule has 0 radical (unpaired) electrons. The Bertz CT molecular complexity index is 478. The highest BCUT2D eigenvalue weighted by molar-refractivity contribution is 5.70. The molecule has 0 spiro atoms. The summed E-state index contributed by atoms with van der Waals surface area (Å²) in [5.74, 6) is -0.943. The number of carbonyl (C=O) groups is 1. The van der Waals surface area contributed by atoms with E-state index in [1.54, 1.807) is 12.1 Å². The number of aryl methyl sites for hydroxylation is 2. The highest BCUT2D eigenvalue weighted by Gasteiger charge is 2.31. The molecule has 17 heavy (non-hydrogen) atoms. The summed E-state index contributed by atoms with van der Waals surface area (Å²) >= 11 is 0. The van der Waals surface area contributed by atoms with E-state index in [-0.39, 0.29) is 17.4 Å². The van der Waals surface area contributed by atoms with Crippen LogP contribution >= 0.6 is 0 Å². The maximum atomic E-state index is 11.3. The maximum Gasteiger partial charge on any atom is 0.306 e. The van der Waals surface area contributed by atoms with Crippen LogP contribution in [0.4, 0.5) is 0 Å². The zero-order chi connectivity index (χ0) is 12.6. The SMILES string of the molecule is Cc1cc(=O)cc(C)n1[C@H]1CC[C@@H](C(=O)O)C1. The molecule has 0 amide bonds. The number of carboxylic acids is 1. The van der Waals surface area contributed by atoms with Gasteiger partial charge in [0.05, 0.1) is 5.92 Å². The van der Waals surface area contributed by atoms with Crippen molar-refractivity contribution in [2.45, 2.75) is 39.2 Å². The summed E-state index contributed by atoms with van der Waals surface area (Å²) in [4.78, 5) is 22.3. The zero-order valence-electron chi connectivity index (χ0n) is 10.1. The lowest BCUT2D eigenvalue weighted by Crippen LogP contribution is -2.18. The molecule has 4 nitrogen and oxygen atoms in total. The Hall–Kier alpha value is -1.58. The van der Waals surface area contributed by atoms with Crippen molar-refractivity contribution in [2.24, 2.45) is 5.92 Å². The molecule has 1 fully saturated rings. The Morgan fingerprint density at radius 1 is 1.29 bits per heavy atom. The van der Waals surface area contributed by atoms with Crippen molar-refractivity contribution in [1.29, 1.82) is 0 Å². The third-order valence-electron chi connectivity index (χ3n) is 3.58. The van der Waals surface area contributed by atoms with Gasteiger partial charge < -0.3 is 9.67 Å². The first-order valence-corrected chi connectivity index (χ1v) is 5.91. The predicted octanol–water partition coefficient (Wildman–Crippen LogP) is 1.89. The van der Waals surface area contributed by atoms with Gasteiger partial charge in [0.1, 0.15) is 0 Å². The molecule has 92 valence electrons. The molecule has 2 rings (SSSR count). The summed E-state index contributed by atoms with van der Waals surface area (Å²) in [5, 5.41) is 9.00. The van der Waals surface area contributed by atoms with Crippen LogP contribution in [0.1, 0.15) is 36.7 Å². The molecule has 1 aromatic rings. The summed E-state index contributed by atoms with van der Waals surface area (Å²) in [6.45, 7) is 3.81. The minimum Gasteiger partial charge on any atom is -0.481 e. The number of aliphatic carboxylic acids is 1. The van der Waals surface area contributed by atoms with Crippen LogP contribution in [0, 0.1) is 19.8 Å². The molecule has 0 saturated heterocycles. The van der Waals surface area contributed by atoms with Crippen molar-refractivity contribution in [3.8, 4) is 0 Å². The second-order valence-corrected chi connectivity index (χ2v) is 4.85. The van der Waals surface area contributed by atoms with Gasteiger partial charge in [-0.15, -0.1) is 0 Å². The molecular weight excluding hydrogens is 218 g/mol. The molecule has 1 aliphatic carbocycles. The fraction of sp³-hybridized carbons (Fsp3) is 0.538. The Balaban J connectivity index is 2.31. The van der Waals surface area contributed by atoms with Gasteiger partial charge in [-0.25, -0.2) is 0 Å². The number of nitrogens with zero attached hydrogens (tertiary/aromatic N) is 1. The number of carboxylic acid groups (broad SMARTS) is 1. The lowest BCUT2D eigenvalue weighted by Gasteiger charge is -2.21. The Labute approximate surface area is 99.9 Å². The number of hydrogen-bond donors (Lipinski definition) is 1. The lowest BCUT2D eigenvalue weighted by atomic mass is 10.1. The molecule has 0 unspecified atom stereocenters. The quantitative estimate of drug-likeness (QED) is 0.851. The van der Waals surface area contributed by atoms with Crippen molar-refractivity contribution < 1.29 is 9.90 Å². The standard InChI is InChI=1S/C13H17NO3/c1-8-5-12(15)6-9(2)14(8)11-4-3-10(7-11)13(16)17/h5-6,10-11H,3-4,7H2,1-2H3,(H,16,17)/t10-,11+/m1/s1. The molecule has 1 N–H and O–H groups in total. The number of rotatable bonds is 2. The first-order chi connectivity index (χ1) is 7.99. The van der Waals surface area contributed by atoms with Gasteiger partial charge in [0.15, 0.2) is 5.43 Å². The van der Waals surface area contributed by atoms with Gasteiger partial charge in [-0.2, -0.15) is 0 Å². The average Bonchev–Trinajstić information content (AvgIpc) is 2.65. The van der Waals surface area contributed by atoms with Crippen LogP contribution in [-0.4, -0.2) is 15.6 Å². The lowest BCUT2D eigenvalue weighted by molar-refractivity contribution is -0.141. The third-order valence-corrected chi connectivity index (χ3v) is 3.58. The molecule has 4 heteroatoms. The van der Waals surface area contributed by atoms with E-state index in [9.17, 15) is 9.59 Å². The van der Waals surface area contributed by atoms with E-state index in [4.69, 9.17) is 5.11 Å². The van der Waals surface area contributed by atoms with Crippen LogP contribution in [0.3, 0.4) is 0 Å². The highest BCUT2D eigenvalue weighted by atomic mass is 16.4. The molecule has 1 aliphatic rings. The first-order valence-electron chi connectivity index (χ1n) is 5.91. The summed E-state index contributed by atoms with van der Waals surface area (Å²) < 4.78 is 2.10. The molecule has 0 aliphatic heterocycles. The van der Waals surface area contributed by atoms with E-state index >= 15 is 0 Å². The summed E-state index contributed by atoms with van der Waals surface area (Å²) in [6, 6.07) is 3.44. The first kappa shape index (κ1) is 11.9. The predicted molar refractivity (Wildman–Crippen MR) is 64.2 cm³/mol. The summed E-state index contributed by atoms with van der Waals surface area (Å²) in [6.07, 6.45) is 2.27. The topological polar surface area (TPSA) is 59.3 Å². The largest absolute Gasteiger partial charge is 0.481 e. The van der Waals surface area contributed by atoms with Crippen LogP contribution in [-0.2, 0) is 4.79 Å². The molecule has 1 heterocycles. The molecular formula is C13H17NO3. The van der Waals surface area contributed by atoms with Crippen LogP contribution in [0.5, 0.6) is 0 Å². The van der Waals surface area contributed by atoms with Crippen LogP contribution in [0.2, 0.25) is 0 Å². The van der Waals surface area contributed by atoms with Gasteiger partial charge >= 0.3 is 5.97 Å². The van der Waals surface area contributed by atoms with Crippen molar-refractivity contribution in [3.63, 3.8) is 0 Å². The molecule has 1 saturated carbocycles. The van der Waals surface area contributed by atoms with Gasteiger partial charge in [-0.1, -0.05) is 0 Å². The fourth-order valence-electron chi connectivity index (χ4n) is 2.86. The van der Waals surface area contributed by atoms with E-state index in [0.29, 0.717) is 6.42 Å². The summed E-state index contributed by atoms with van der Waals surface area (Å²) in [5.41, 5.74) is 1.86. The van der Waals surface area contributed by atoms with E-state index in [0.717, 1.165) is 24.2 Å². The fourth-order valence-corrected chi connectivity index (χ4v) is 2.86. The minimum atomic E-state index is -0.705. The van der Waals surface area contributed by atoms with Crippen molar-refractivity contribution in [3.05, 3.63) is 33.7 Å². The molecule has 0 bridgehead atoms. The van der Waals surface area contributed by atoms with Gasteiger partial charge in [0.25, 0.3) is 0 Å². The van der Waals surface area contributed by atoms with Gasteiger partial charge in [-0.05, 0) is 33.1 Å². The number of hydrogen-bond acceptors (Lipinski definition) is 2. The van der Waals surface area contributed by atoms with E-state index < -0.39 is 5.97 Å². The van der Waals surface area contributed by atoms with Crippen molar-refractivity contribution >= 4 is 5.97 Å². The highest BCUT2D eigenvalue weighted by Crippen LogP contribution is 2.35. The number of pyridine rings is 1. The van der Waals surface area contributed by atoms with E-state index in [2.05, 4.69) is 4.57 Å². The van der Waals surface area contributed by atoms with Gasteiger partial charge in [0.2, 0.25) is 0 Å². The van der Waals surface area contributed by atoms with Gasteiger partial charge in [0, 0.05) is 29.6 Å². The van der Waals surface area contributed by atoms with Crippen LogP contribution in [0.25, 0.3) is 0 Å². The molecule has 1 aromatic heterocycles.